The van der Waals surface area contributed by atoms with Crippen LogP contribution in [-0.2, 0) is 0 Å². The predicted molar refractivity (Wildman–Crippen MR) is 79.5 cm³/mol. The van der Waals surface area contributed by atoms with E-state index in [1.807, 2.05) is 42.5 Å². The maximum absolute atomic E-state index is 4.21. The van der Waals surface area contributed by atoms with Gasteiger partial charge in [-0.25, -0.2) is 0 Å². The molecule has 5 nitrogen and oxygen atoms in total. The minimum Gasteiger partial charge on any atom is -0.278 e. The number of hydrogen-bond acceptors (Lipinski definition) is 4. The van der Waals surface area contributed by atoms with Crippen LogP contribution in [0.15, 0.2) is 66.2 Å². The number of anilines is 1. The molecule has 2 aromatic heterocycles. The van der Waals surface area contributed by atoms with Crippen LogP contribution in [0.5, 0.6) is 0 Å². The Bertz CT molecular complexity index is 689. The first kappa shape index (κ1) is 12.1. The molecule has 0 unspecified atom stereocenters. The minimum absolute atomic E-state index is 0.890. The Morgan fingerprint density at radius 1 is 1.05 bits per heavy atom. The molecule has 3 rings (SSSR count). The normalized spacial score (nSPS) is 10.8. The van der Waals surface area contributed by atoms with Crippen molar-refractivity contribution in [3.63, 3.8) is 0 Å². The van der Waals surface area contributed by atoms with Crippen molar-refractivity contribution < 1.29 is 0 Å². The van der Waals surface area contributed by atoms with Crippen LogP contribution < -0.4 is 5.43 Å². The smallest absolute Gasteiger partial charge is 0.0738 e. The fourth-order valence-electron chi connectivity index (χ4n) is 1.83. The fourth-order valence-corrected chi connectivity index (χ4v) is 1.83. The molecule has 20 heavy (non-hydrogen) atoms. The first-order valence-corrected chi connectivity index (χ1v) is 6.21. The lowest BCUT2D eigenvalue weighted by Gasteiger charge is -2.00. The summed E-state index contributed by atoms with van der Waals surface area (Å²) in [4.78, 5) is 3.95. The van der Waals surface area contributed by atoms with Crippen LogP contribution in [0.2, 0.25) is 0 Å². The van der Waals surface area contributed by atoms with Gasteiger partial charge < -0.3 is 0 Å². The van der Waals surface area contributed by atoms with Crippen LogP contribution in [0.4, 0.5) is 5.69 Å². The molecule has 0 atom stereocenters. The first-order chi connectivity index (χ1) is 9.93. The number of hydrazone groups is 1. The molecular formula is C15H13N5. The van der Waals surface area contributed by atoms with Crippen molar-refractivity contribution >= 4 is 11.9 Å². The molecule has 3 aromatic rings. The highest BCUT2D eigenvalue weighted by Crippen LogP contribution is 2.19. The van der Waals surface area contributed by atoms with Crippen LogP contribution in [0.25, 0.3) is 11.3 Å². The van der Waals surface area contributed by atoms with E-state index in [0.29, 0.717) is 0 Å². The van der Waals surface area contributed by atoms with Gasteiger partial charge in [-0.1, -0.05) is 30.3 Å². The molecule has 0 aliphatic rings. The number of nitrogens with one attached hydrogen (secondary N) is 2. The number of pyridine rings is 1. The number of nitrogens with zero attached hydrogens (tertiary/aromatic N) is 3. The topological polar surface area (TPSA) is 66.0 Å². The highest BCUT2D eigenvalue weighted by Gasteiger charge is 2.04. The molecule has 2 N–H and O–H groups in total. The molecule has 0 bridgehead atoms. The van der Waals surface area contributed by atoms with Gasteiger partial charge in [0.25, 0.3) is 0 Å². The van der Waals surface area contributed by atoms with E-state index < -0.39 is 0 Å². The minimum atomic E-state index is 0.890. The molecule has 1 aromatic carbocycles. The summed E-state index contributed by atoms with van der Waals surface area (Å²) in [5.74, 6) is 0. The second-order valence-electron chi connectivity index (χ2n) is 4.17. The third-order valence-electron chi connectivity index (χ3n) is 2.81. The van der Waals surface area contributed by atoms with E-state index in [4.69, 9.17) is 0 Å². The number of benzene rings is 1. The SMILES string of the molecule is C(=N/Nc1ccncc1)/c1cn[nH]c1-c1ccccc1. The van der Waals surface area contributed by atoms with Crippen LogP contribution in [0.1, 0.15) is 5.56 Å². The molecule has 0 spiro atoms. The average molecular weight is 263 g/mol. The van der Waals surface area contributed by atoms with Crippen molar-refractivity contribution in [3.8, 4) is 11.3 Å². The van der Waals surface area contributed by atoms with E-state index in [2.05, 4.69) is 25.7 Å². The molecule has 0 amide bonds. The number of hydrogen-bond donors (Lipinski definition) is 2. The zero-order valence-electron chi connectivity index (χ0n) is 10.7. The molecule has 0 fully saturated rings. The third kappa shape index (κ3) is 2.72. The fraction of sp³-hybridized carbons (Fsp3) is 0. The standard InChI is InChI=1S/C15H13N5/c1-2-4-12(5-3-1)15-13(11-18-20-15)10-17-19-14-6-8-16-9-7-14/h1-11H,(H,16,19)(H,18,20)/b17-10-. The van der Waals surface area contributed by atoms with E-state index in [0.717, 1.165) is 22.5 Å². The van der Waals surface area contributed by atoms with Gasteiger partial charge >= 0.3 is 0 Å². The van der Waals surface area contributed by atoms with Crippen molar-refractivity contribution in [2.24, 2.45) is 5.10 Å². The van der Waals surface area contributed by atoms with Crippen molar-refractivity contribution in [1.29, 1.82) is 0 Å². The van der Waals surface area contributed by atoms with E-state index in [1.165, 1.54) is 0 Å². The summed E-state index contributed by atoms with van der Waals surface area (Å²) < 4.78 is 0. The summed E-state index contributed by atoms with van der Waals surface area (Å²) in [6, 6.07) is 13.7. The number of aromatic nitrogens is 3. The van der Waals surface area contributed by atoms with Gasteiger partial charge in [0.1, 0.15) is 0 Å². The van der Waals surface area contributed by atoms with Gasteiger partial charge in [-0.3, -0.25) is 15.5 Å². The van der Waals surface area contributed by atoms with Crippen LogP contribution >= 0.6 is 0 Å². The summed E-state index contributed by atoms with van der Waals surface area (Å²) in [6.45, 7) is 0. The quantitative estimate of drug-likeness (QED) is 0.562. The van der Waals surface area contributed by atoms with Crippen molar-refractivity contribution in [1.82, 2.24) is 15.2 Å². The highest BCUT2D eigenvalue weighted by atomic mass is 15.3. The summed E-state index contributed by atoms with van der Waals surface area (Å²) in [5.41, 5.74) is 6.80. The Kier molecular flexibility index (Phi) is 3.51. The van der Waals surface area contributed by atoms with E-state index in [9.17, 15) is 0 Å². The average Bonchev–Trinajstić information content (AvgIpc) is 2.98. The molecule has 5 heteroatoms. The second kappa shape index (κ2) is 5.79. The summed E-state index contributed by atoms with van der Waals surface area (Å²) in [6.07, 6.45) is 6.92. The van der Waals surface area contributed by atoms with Gasteiger partial charge in [0.2, 0.25) is 0 Å². The van der Waals surface area contributed by atoms with Crippen LogP contribution in [0.3, 0.4) is 0 Å². The largest absolute Gasteiger partial charge is 0.278 e. The Hall–Kier alpha value is -2.95. The molecular weight excluding hydrogens is 250 g/mol. The Morgan fingerprint density at radius 3 is 2.65 bits per heavy atom. The van der Waals surface area contributed by atoms with Gasteiger partial charge in [0.05, 0.1) is 23.8 Å². The number of rotatable bonds is 4. The lowest BCUT2D eigenvalue weighted by atomic mass is 10.1. The molecule has 0 saturated carbocycles. The Labute approximate surface area is 116 Å². The first-order valence-electron chi connectivity index (χ1n) is 6.21. The Morgan fingerprint density at radius 2 is 1.85 bits per heavy atom. The molecule has 0 aliphatic carbocycles. The van der Waals surface area contributed by atoms with E-state index in [1.54, 1.807) is 24.8 Å². The maximum atomic E-state index is 4.21. The monoisotopic (exact) mass is 263 g/mol. The van der Waals surface area contributed by atoms with Gasteiger partial charge in [0, 0.05) is 23.5 Å². The van der Waals surface area contributed by atoms with E-state index in [-0.39, 0.29) is 0 Å². The summed E-state index contributed by atoms with van der Waals surface area (Å²) in [7, 11) is 0. The van der Waals surface area contributed by atoms with Gasteiger partial charge in [-0.05, 0) is 12.1 Å². The summed E-state index contributed by atoms with van der Waals surface area (Å²) >= 11 is 0. The lowest BCUT2D eigenvalue weighted by molar-refractivity contribution is 1.10. The zero-order chi connectivity index (χ0) is 13.6. The van der Waals surface area contributed by atoms with Crippen LogP contribution in [0, 0.1) is 0 Å². The Balaban J connectivity index is 1.77. The van der Waals surface area contributed by atoms with Gasteiger partial charge in [-0.15, -0.1) is 0 Å². The lowest BCUT2D eigenvalue weighted by Crippen LogP contribution is -1.91. The van der Waals surface area contributed by atoms with Crippen molar-refractivity contribution in [2.45, 2.75) is 0 Å². The van der Waals surface area contributed by atoms with Gasteiger partial charge in [-0.2, -0.15) is 10.2 Å². The number of aromatic amines is 1. The molecule has 0 radical (unpaired) electrons. The molecule has 98 valence electrons. The van der Waals surface area contributed by atoms with Gasteiger partial charge in [0.15, 0.2) is 0 Å². The molecule has 2 heterocycles. The maximum Gasteiger partial charge on any atom is 0.0738 e. The zero-order valence-corrected chi connectivity index (χ0v) is 10.7. The predicted octanol–water partition coefficient (Wildman–Crippen LogP) is 2.92. The second-order valence-corrected chi connectivity index (χ2v) is 4.17. The summed E-state index contributed by atoms with van der Waals surface area (Å²) in [5, 5.41) is 11.3. The van der Waals surface area contributed by atoms with Crippen molar-refractivity contribution in [3.05, 3.63) is 66.6 Å². The van der Waals surface area contributed by atoms with E-state index >= 15 is 0 Å². The highest BCUT2D eigenvalue weighted by molar-refractivity contribution is 5.88. The third-order valence-corrected chi connectivity index (χ3v) is 2.81. The van der Waals surface area contributed by atoms with Crippen LogP contribution in [-0.4, -0.2) is 21.4 Å². The molecule has 0 aliphatic heterocycles. The number of H-pyrrole nitrogens is 1. The molecule has 0 saturated heterocycles. The van der Waals surface area contributed by atoms with Crippen molar-refractivity contribution in [2.75, 3.05) is 5.43 Å².